The molecule has 14 nitrogen and oxygen atoms in total. The molecule has 0 bridgehead atoms. The lowest BCUT2D eigenvalue weighted by Gasteiger charge is -2.46. The Morgan fingerprint density at radius 1 is 0.672 bits per heavy atom. The SMILES string of the molecule is COC(=O)N[C@H](C(=O)N1CCC[C@H]1c1ncc(-c2ccc(-c3ccc(-c4cnc(C5CCC6(CCC(F)(F)CC6)N5C(=O)[C@@H](NC(=O)OC)C(C)C)[nH]4)cc3)cc2)[nH]1)C(C)C. The van der Waals surface area contributed by atoms with Gasteiger partial charge in [-0.15, -0.1) is 0 Å². The van der Waals surface area contributed by atoms with Crippen molar-refractivity contribution in [1.82, 2.24) is 40.4 Å². The maximum atomic E-state index is 14.4. The van der Waals surface area contributed by atoms with Crippen molar-refractivity contribution < 1.29 is 37.4 Å². The third kappa shape index (κ3) is 8.99. The summed E-state index contributed by atoms with van der Waals surface area (Å²) in [6, 6.07) is 13.8. The van der Waals surface area contributed by atoms with E-state index in [-0.39, 0.29) is 55.4 Å². The van der Waals surface area contributed by atoms with Crippen LogP contribution in [0.25, 0.3) is 33.6 Å². The number of methoxy groups -OCH3 is 2. The third-order valence-corrected chi connectivity index (χ3v) is 12.7. The summed E-state index contributed by atoms with van der Waals surface area (Å²) in [4.78, 5) is 72.0. The van der Waals surface area contributed by atoms with Crippen molar-refractivity contribution >= 4 is 24.0 Å². The number of H-pyrrole nitrogens is 2. The number of ether oxygens (including phenoxy) is 2. The van der Waals surface area contributed by atoms with E-state index in [4.69, 9.17) is 14.5 Å². The van der Waals surface area contributed by atoms with Crippen molar-refractivity contribution in [3.63, 3.8) is 0 Å². The van der Waals surface area contributed by atoms with Crippen LogP contribution in [-0.4, -0.2) is 98.0 Å². The molecule has 4 amide bonds. The first-order chi connectivity index (χ1) is 29.1. The van der Waals surface area contributed by atoms with E-state index in [1.54, 1.807) is 22.2 Å². The van der Waals surface area contributed by atoms with Gasteiger partial charge in [-0.2, -0.15) is 0 Å². The van der Waals surface area contributed by atoms with Crippen LogP contribution in [0.3, 0.4) is 0 Å². The van der Waals surface area contributed by atoms with Crippen molar-refractivity contribution in [3.8, 4) is 33.6 Å². The first-order valence-corrected chi connectivity index (χ1v) is 21.1. The molecule has 1 unspecified atom stereocenters. The fourth-order valence-corrected chi connectivity index (χ4v) is 9.24. The van der Waals surface area contributed by atoms with Gasteiger partial charge in [0.1, 0.15) is 23.7 Å². The van der Waals surface area contributed by atoms with Gasteiger partial charge in [-0.1, -0.05) is 76.2 Å². The quantitative estimate of drug-likeness (QED) is 0.117. The smallest absolute Gasteiger partial charge is 0.407 e. The zero-order valence-corrected chi connectivity index (χ0v) is 35.6. The minimum absolute atomic E-state index is 0.124. The van der Waals surface area contributed by atoms with Crippen LogP contribution in [0, 0.1) is 11.8 Å². The van der Waals surface area contributed by atoms with E-state index < -0.39 is 41.8 Å². The summed E-state index contributed by atoms with van der Waals surface area (Å²) < 4.78 is 38.4. The number of benzene rings is 2. The van der Waals surface area contributed by atoms with Crippen LogP contribution >= 0.6 is 0 Å². The average molecular weight is 843 g/mol. The van der Waals surface area contributed by atoms with Crippen LogP contribution in [-0.2, 0) is 19.1 Å². The number of carbonyl (C=O) groups excluding carboxylic acids is 4. The van der Waals surface area contributed by atoms with Gasteiger partial charge in [-0.05, 0) is 72.6 Å². The van der Waals surface area contributed by atoms with Crippen molar-refractivity contribution in [2.45, 2.75) is 115 Å². The normalized spacial score (nSPS) is 20.5. The number of aromatic nitrogens is 4. The second-order valence-corrected chi connectivity index (χ2v) is 17.3. The van der Waals surface area contributed by atoms with Gasteiger partial charge in [0.25, 0.3) is 0 Å². The summed E-state index contributed by atoms with van der Waals surface area (Å²) in [7, 11) is 2.52. The maximum absolute atomic E-state index is 14.4. The molecule has 16 heteroatoms. The Morgan fingerprint density at radius 3 is 1.61 bits per heavy atom. The first-order valence-electron chi connectivity index (χ1n) is 21.1. The van der Waals surface area contributed by atoms with E-state index >= 15 is 0 Å². The van der Waals surface area contributed by atoms with Gasteiger partial charge in [-0.25, -0.2) is 28.3 Å². The molecule has 61 heavy (non-hydrogen) atoms. The molecule has 3 fully saturated rings. The molecular weight excluding hydrogens is 787 g/mol. The number of hydrogen-bond acceptors (Lipinski definition) is 8. The molecule has 2 saturated heterocycles. The summed E-state index contributed by atoms with van der Waals surface area (Å²) in [5.74, 6) is -2.39. The molecule has 2 aliphatic heterocycles. The number of aromatic amines is 2. The molecule has 4 aromatic rings. The zero-order chi connectivity index (χ0) is 43.6. The highest BCUT2D eigenvalue weighted by Crippen LogP contribution is 2.52. The van der Waals surface area contributed by atoms with Gasteiger partial charge in [0.2, 0.25) is 17.7 Å². The van der Waals surface area contributed by atoms with E-state index in [2.05, 4.69) is 25.6 Å². The number of carbonyl (C=O) groups is 4. The second kappa shape index (κ2) is 17.7. The third-order valence-electron chi connectivity index (χ3n) is 12.7. The van der Waals surface area contributed by atoms with Gasteiger partial charge in [0.15, 0.2) is 0 Å². The molecule has 2 aromatic heterocycles. The van der Waals surface area contributed by atoms with Crippen LogP contribution in [0.1, 0.15) is 103 Å². The summed E-state index contributed by atoms with van der Waals surface area (Å²) in [5.41, 5.74) is 4.66. The summed E-state index contributed by atoms with van der Waals surface area (Å²) >= 11 is 0. The van der Waals surface area contributed by atoms with Crippen LogP contribution < -0.4 is 10.6 Å². The van der Waals surface area contributed by atoms with E-state index in [9.17, 15) is 28.0 Å². The number of alkyl carbamates (subject to hydrolysis) is 2. The topological polar surface area (TPSA) is 175 Å². The molecule has 3 aliphatic rings. The Kier molecular flexibility index (Phi) is 12.5. The molecule has 2 aromatic carbocycles. The number of nitrogens with zero attached hydrogens (tertiary/aromatic N) is 4. The van der Waals surface area contributed by atoms with Gasteiger partial charge >= 0.3 is 12.2 Å². The number of rotatable bonds is 11. The highest BCUT2D eigenvalue weighted by molar-refractivity contribution is 5.88. The lowest BCUT2D eigenvalue weighted by molar-refractivity contribution is -0.147. The second-order valence-electron chi connectivity index (χ2n) is 17.3. The standard InChI is InChI=1S/C45H56F2N8O6/c1-26(2)36(52-42(58)60-5)40(56)54-23-7-8-34(54)38-48-24-32(50-38)30-13-9-28(10-14-30)29-11-15-31(16-12-29)33-25-49-39(51-33)35-17-18-44(19-21-45(46,47)22-20-44)55(35)41(57)37(27(3)4)53-43(59)61-6/h9-16,24-27,34-37H,7-8,17-23H2,1-6H3,(H,48,50)(H,49,51)(H,52,58)(H,53,59)/t34-,35?,36-,37-/m0/s1. The van der Waals surface area contributed by atoms with Crippen molar-refractivity contribution in [2.75, 3.05) is 20.8 Å². The summed E-state index contributed by atoms with van der Waals surface area (Å²) in [6.45, 7) is 8.01. The fourth-order valence-electron chi connectivity index (χ4n) is 9.24. The number of likely N-dealkylation sites (tertiary alicyclic amines) is 2. The number of alkyl halides is 2. The molecular formula is C45H56F2N8O6. The Balaban J connectivity index is 1.05. The number of nitrogens with one attached hydrogen (secondary N) is 4. The molecule has 4 heterocycles. The molecule has 4 N–H and O–H groups in total. The van der Waals surface area contributed by atoms with E-state index in [1.165, 1.54) is 14.2 Å². The highest BCUT2D eigenvalue weighted by Gasteiger charge is 2.55. The number of halogens is 2. The maximum Gasteiger partial charge on any atom is 0.407 e. The monoisotopic (exact) mass is 842 g/mol. The Morgan fingerprint density at radius 2 is 1.13 bits per heavy atom. The largest absolute Gasteiger partial charge is 0.453 e. The van der Waals surface area contributed by atoms with Crippen molar-refractivity contribution in [2.24, 2.45) is 11.8 Å². The highest BCUT2D eigenvalue weighted by atomic mass is 19.3. The van der Waals surface area contributed by atoms with Crippen LogP contribution in [0.15, 0.2) is 60.9 Å². The van der Waals surface area contributed by atoms with Gasteiger partial charge in [-0.3, -0.25) is 9.59 Å². The Hall–Kier alpha value is -5.80. The van der Waals surface area contributed by atoms with Crippen molar-refractivity contribution in [3.05, 3.63) is 72.6 Å². The number of amides is 4. The Labute approximate surface area is 354 Å². The lowest BCUT2D eigenvalue weighted by atomic mass is 9.77. The molecule has 4 atom stereocenters. The molecule has 326 valence electrons. The van der Waals surface area contributed by atoms with Crippen molar-refractivity contribution in [1.29, 1.82) is 0 Å². The van der Waals surface area contributed by atoms with Crippen LogP contribution in [0.2, 0.25) is 0 Å². The van der Waals surface area contributed by atoms with Crippen LogP contribution in [0.4, 0.5) is 18.4 Å². The molecule has 7 rings (SSSR count). The van der Waals surface area contributed by atoms with E-state index in [0.29, 0.717) is 31.0 Å². The van der Waals surface area contributed by atoms with Gasteiger partial charge in [0, 0.05) is 24.9 Å². The average Bonchev–Trinajstić information content (AvgIpc) is 4.09. The van der Waals surface area contributed by atoms with E-state index in [1.807, 2.05) is 76.2 Å². The number of imidazole rings is 2. The molecule has 0 radical (unpaired) electrons. The fraction of sp³-hybridized carbons (Fsp3) is 0.511. The minimum atomic E-state index is -2.77. The predicted molar refractivity (Wildman–Crippen MR) is 224 cm³/mol. The summed E-state index contributed by atoms with van der Waals surface area (Å²) in [5, 5.41) is 5.37. The zero-order valence-electron chi connectivity index (χ0n) is 35.6. The molecule has 1 saturated carbocycles. The number of hydrogen-bond donors (Lipinski definition) is 4. The molecule has 1 spiro atoms. The van der Waals surface area contributed by atoms with Gasteiger partial charge < -0.3 is 39.9 Å². The minimum Gasteiger partial charge on any atom is -0.453 e. The summed E-state index contributed by atoms with van der Waals surface area (Å²) in [6.07, 6.45) is 4.58. The van der Waals surface area contributed by atoms with Gasteiger partial charge in [0.05, 0.1) is 50.1 Å². The molecule has 1 aliphatic carbocycles. The van der Waals surface area contributed by atoms with Crippen LogP contribution in [0.5, 0.6) is 0 Å². The van der Waals surface area contributed by atoms with E-state index in [0.717, 1.165) is 46.5 Å². The lowest BCUT2D eigenvalue weighted by Crippen LogP contribution is -2.58. The Bertz CT molecular complexity index is 2190. The first kappa shape index (κ1) is 43.3. The predicted octanol–water partition coefficient (Wildman–Crippen LogP) is 8.17.